The van der Waals surface area contributed by atoms with Gasteiger partial charge in [0.1, 0.15) is 5.78 Å². The summed E-state index contributed by atoms with van der Waals surface area (Å²) in [7, 11) is 2.13. The van der Waals surface area contributed by atoms with Crippen LogP contribution in [-0.4, -0.2) is 16.1 Å². The Hall–Kier alpha value is -2.94. The third-order valence-electron chi connectivity index (χ3n) is 7.19. The van der Waals surface area contributed by atoms with E-state index in [9.17, 15) is 9.59 Å². The van der Waals surface area contributed by atoms with Crippen LogP contribution in [-0.2, 0) is 16.6 Å². The molecule has 1 aliphatic rings. The highest BCUT2D eigenvalue weighted by Crippen LogP contribution is 2.38. The van der Waals surface area contributed by atoms with Crippen molar-refractivity contribution in [1.29, 1.82) is 0 Å². The summed E-state index contributed by atoms with van der Waals surface area (Å²) in [6, 6.07) is 19.7. The zero-order chi connectivity index (χ0) is 22.7. The SMILES string of the molecule is C=C(CCCC(=O)C1CCC(c2cccc(-c3cc4ccccc4n3C)c2)CC1)C(C)=O. The molecule has 1 aromatic heterocycles. The number of hydrogen-bond donors (Lipinski definition) is 0. The van der Waals surface area contributed by atoms with Crippen molar-refractivity contribution in [2.24, 2.45) is 13.0 Å². The predicted octanol–water partition coefficient (Wildman–Crippen LogP) is 7.00. The highest BCUT2D eigenvalue weighted by atomic mass is 16.1. The van der Waals surface area contributed by atoms with Gasteiger partial charge < -0.3 is 4.57 Å². The molecule has 0 amide bonds. The van der Waals surface area contributed by atoms with Gasteiger partial charge in [0.25, 0.3) is 0 Å². The van der Waals surface area contributed by atoms with E-state index in [2.05, 4.69) is 72.8 Å². The fourth-order valence-corrected chi connectivity index (χ4v) is 5.12. The van der Waals surface area contributed by atoms with Crippen molar-refractivity contribution in [1.82, 2.24) is 4.57 Å². The summed E-state index contributed by atoms with van der Waals surface area (Å²) in [5.41, 5.74) is 5.76. The van der Waals surface area contributed by atoms with Gasteiger partial charge in [-0.2, -0.15) is 0 Å². The van der Waals surface area contributed by atoms with E-state index in [1.807, 2.05) is 0 Å². The summed E-state index contributed by atoms with van der Waals surface area (Å²) in [5, 5.41) is 1.27. The molecule has 0 atom stereocenters. The molecule has 166 valence electrons. The van der Waals surface area contributed by atoms with Crippen LogP contribution in [0.15, 0.2) is 66.7 Å². The summed E-state index contributed by atoms with van der Waals surface area (Å²) in [4.78, 5) is 23.9. The van der Waals surface area contributed by atoms with Crippen LogP contribution in [0.2, 0.25) is 0 Å². The first-order chi connectivity index (χ1) is 15.4. The second-order valence-corrected chi connectivity index (χ2v) is 9.30. The Morgan fingerprint density at radius 1 is 0.969 bits per heavy atom. The first-order valence-corrected chi connectivity index (χ1v) is 11.8. The van der Waals surface area contributed by atoms with E-state index in [0.717, 1.165) is 32.1 Å². The zero-order valence-electron chi connectivity index (χ0n) is 19.3. The molecule has 1 aliphatic carbocycles. The topological polar surface area (TPSA) is 39.1 Å². The lowest BCUT2D eigenvalue weighted by Crippen LogP contribution is -2.21. The minimum absolute atomic E-state index is 0.0311. The molecule has 0 saturated heterocycles. The number of allylic oxidation sites excluding steroid dienone is 1. The maximum Gasteiger partial charge on any atom is 0.155 e. The van der Waals surface area contributed by atoms with Gasteiger partial charge in [0.15, 0.2) is 5.78 Å². The average molecular weight is 428 g/mol. The molecule has 3 nitrogen and oxygen atoms in total. The van der Waals surface area contributed by atoms with Crippen LogP contribution in [0.4, 0.5) is 0 Å². The Labute approximate surface area is 191 Å². The lowest BCUT2D eigenvalue weighted by atomic mass is 9.76. The van der Waals surface area contributed by atoms with Gasteiger partial charge in [0.2, 0.25) is 0 Å². The highest BCUT2D eigenvalue weighted by Gasteiger charge is 2.27. The summed E-state index contributed by atoms with van der Waals surface area (Å²) in [6.45, 7) is 5.33. The Morgan fingerprint density at radius 2 is 1.72 bits per heavy atom. The van der Waals surface area contributed by atoms with Crippen molar-refractivity contribution in [3.05, 3.63) is 72.3 Å². The van der Waals surface area contributed by atoms with Gasteiger partial charge in [-0.25, -0.2) is 0 Å². The second-order valence-electron chi connectivity index (χ2n) is 9.30. The first-order valence-electron chi connectivity index (χ1n) is 11.8. The van der Waals surface area contributed by atoms with Gasteiger partial charge in [-0.15, -0.1) is 0 Å². The molecule has 0 spiro atoms. The Morgan fingerprint density at radius 3 is 2.44 bits per heavy atom. The number of hydrogen-bond acceptors (Lipinski definition) is 2. The van der Waals surface area contributed by atoms with Crippen LogP contribution in [0.1, 0.15) is 63.4 Å². The third kappa shape index (κ3) is 4.77. The van der Waals surface area contributed by atoms with E-state index in [1.165, 1.54) is 27.7 Å². The summed E-state index contributed by atoms with van der Waals surface area (Å²) >= 11 is 0. The molecule has 1 heterocycles. The lowest BCUT2D eigenvalue weighted by molar-refractivity contribution is -0.124. The van der Waals surface area contributed by atoms with Gasteiger partial charge in [-0.3, -0.25) is 9.59 Å². The van der Waals surface area contributed by atoms with E-state index in [4.69, 9.17) is 0 Å². The van der Waals surface area contributed by atoms with Gasteiger partial charge in [0, 0.05) is 36.0 Å². The molecule has 3 heteroatoms. The van der Waals surface area contributed by atoms with E-state index in [1.54, 1.807) is 6.92 Å². The number of aryl methyl sites for hydroxylation is 1. The molecule has 0 N–H and O–H groups in total. The maximum atomic E-state index is 12.6. The van der Waals surface area contributed by atoms with E-state index in [-0.39, 0.29) is 11.7 Å². The third-order valence-corrected chi connectivity index (χ3v) is 7.19. The Balaban J connectivity index is 1.38. The minimum atomic E-state index is 0.0311. The number of benzene rings is 2. The molecule has 4 rings (SSSR count). The standard InChI is InChI=1S/C29H33NO2/c1-20(21(2)31)8-6-13-29(32)23-16-14-22(15-17-23)24-10-7-11-25(18-24)28-19-26-9-4-5-12-27(26)30(28)3/h4-5,7,9-12,18-19,22-23H,1,6,8,13-17H2,2-3H3. The molecule has 1 fully saturated rings. The number of aromatic nitrogens is 1. The number of ketones is 2. The smallest absolute Gasteiger partial charge is 0.155 e. The van der Waals surface area contributed by atoms with Crippen molar-refractivity contribution >= 4 is 22.5 Å². The Bertz CT molecular complexity index is 1140. The number of fused-ring (bicyclic) bond motifs is 1. The fourth-order valence-electron chi connectivity index (χ4n) is 5.12. The van der Waals surface area contributed by atoms with Gasteiger partial charge in [-0.05, 0) is 86.3 Å². The molecular weight excluding hydrogens is 394 g/mol. The summed E-state index contributed by atoms with van der Waals surface area (Å²) in [5.74, 6) is 1.09. The molecule has 32 heavy (non-hydrogen) atoms. The molecular formula is C29H33NO2. The van der Waals surface area contributed by atoms with E-state index >= 15 is 0 Å². The van der Waals surface area contributed by atoms with Gasteiger partial charge in [-0.1, -0.05) is 43.0 Å². The normalized spacial score (nSPS) is 18.6. The number of carbonyl (C=O) groups excluding carboxylic acids is 2. The number of Topliss-reactive ketones (excluding diaryl/α,β-unsaturated/α-hetero) is 2. The van der Waals surface area contributed by atoms with Crippen LogP contribution in [0.25, 0.3) is 22.2 Å². The largest absolute Gasteiger partial charge is 0.344 e. The quantitative estimate of drug-likeness (QED) is 0.363. The molecule has 2 aromatic carbocycles. The lowest BCUT2D eigenvalue weighted by Gasteiger charge is -2.28. The molecule has 0 aliphatic heterocycles. The van der Waals surface area contributed by atoms with Crippen LogP contribution in [0.5, 0.6) is 0 Å². The molecule has 0 bridgehead atoms. The van der Waals surface area contributed by atoms with Crippen molar-refractivity contribution in [3.8, 4) is 11.3 Å². The maximum absolute atomic E-state index is 12.6. The van der Waals surface area contributed by atoms with Crippen molar-refractivity contribution in [2.75, 3.05) is 0 Å². The number of nitrogens with zero attached hydrogens (tertiary/aromatic N) is 1. The average Bonchev–Trinajstić information content (AvgIpc) is 3.15. The molecule has 3 aromatic rings. The number of para-hydroxylation sites is 1. The van der Waals surface area contributed by atoms with Crippen LogP contribution in [0, 0.1) is 5.92 Å². The van der Waals surface area contributed by atoms with E-state index < -0.39 is 0 Å². The fraction of sp³-hybridized carbons (Fsp3) is 0.379. The molecule has 0 unspecified atom stereocenters. The van der Waals surface area contributed by atoms with Crippen LogP contribution >= 0.6 is 0 Å². The first kappa shape index (κ1) is 22.3. The van der Waals surface area contributed by atoms with Crippen molar-refractivity contribution in [2.45, 2.75) is 57.8 Å². The number of rotatable bonds is 8. The highest BCUT2D eigenvalue weighted by molar-refractivity contribution is 5.92. The number of carbonyl (C=O) groups is 2. The van der Waals surface area contributed by atoms with Crippen molar-refractivity contribution in [3.63, 3.8) is 0 Å². The zero-order valence-corrected chi connectivity index (χ0v) is 19.3. The monoisotopic (exact) mass is 427 g/mol. The predicted molar refractivity (Wildman–Crippen MR) is 132 cm³/mol. The van der Waals surface area contributed by atoms with Gasteiger partial charge >= 0.3 is 0 Å². The molecule has 1 saturated carbocycles. The van der Waals surface area contributed by atoms with Crippen molar-refractivity contribution < 1.29 is 9.59 Å². The summed E-state index contributed by atoms with van der Waals surface area (Å²) < 4.78 is 2.27. The minimum Gasteiger partial charge on any atom is -0.344 e. The van der Waals surface area contributed by atoms with Gasteiger partial charge in [0.05, 0.1) is 0 Å². The molecule has 0 radical (unpaired) electrons. The van der Waals surface area contributed by atoms with Crippen LogP contribution < -0.4 is 0 Å². The van der Waals surface area contributed by atoms with E-state index in [0.29, 0.717) is 30.1 Å². The Kier molecular flexibility index (Phi) is 6.74. The van der Waals surface area contributed by atoms with Crippen LogP contribution in [0.3, 0.4) is 0 Å². The summed E-state index contributed by atoms with van der Waals surface area (Å²) in [6.07, 6.45) is 6.01. The second kappa shape index (κ2) is 9.68.